The standard InChI is InChI=1S/C22H18F5N9/c1-2-12(16(36-31)9-32-11-3-4-14(23)15(24)5-11)18-13(6-28)17(19(35-18)20(29)30)10-7-33-21(34-8-10)22(25,26)27/h3-5,7-9,12,35H,2,31H2,1H3,(H3,29,30). The number of nitrogens with one attached hydrogen (secondary N) is 2. The van der Waals surface area contributed by atoms with Gasteiger partial charge in [-0.15, -0.1) is 0 Å². The largest absolute Gasteiger partial charge is 0.451 e. The average molecular weight is 503 g/mol. The van der Waals surface area contributed by atoms with Crippen molar-refractivity contribution in [3.05, 3.63) is 65.0 Å². The van der Waals surface area contributed by atoms with E-state index in [4.69, 9.17) is 17.0 Å². The molecule has 0 aliphatic rings. The van der Waals surface area contributed by atoms with E-state index < -0.39 is 35.4 Å². The van der Waals surface area contributed by atoms with Gasteiger partial charge in [0.2, 0.25) is 5.82 Å². The zero-order chi connectivity index (χ0) is 26.6. The number of alkyl halides is 3. The molecule has 6 N–H and O–H groups in total. The number of amidine groups is 1. The van der Waals surface area contributed by atoms with Crippen molar-refractivity contribution in [3.8, 4) is 17.2 Å². The fraction of sp³-hybridized carbons (Fsp3) is 0.182. The molecule has 3 rings (SSSR count). The molecule has 0 bridgehead atoms. The Bertz CT molecular complexity index is 1380. The number of nitrogens with zero attached hydrogens (tertiary/aromatic N) is 5. The van der Waals surface area contributed by atoms with E-state index in [1.165, 1.54) is 12.3 Å². The maximum absolute atomic E-state index is 13.5. The highest BCUT2D eigenvalue weighted by Crippen LogP contribution is 2.35. The van der Waals surface area contributed by atoms with E-state index in [2.05, 4.69) is 25.0 Å². The molecule has 2 aromatic heterocycles. The van der Waals surface area contributed by atoms with Gasteiger partial charge in [0.25, 0.3) is 0 Å². The number of H-pyrrole nitrogens is 1. The molecule has 3 aromatic rings. The molecule has 0 aliphatic carbocycles. The van der Waals surface area contributed by atoms with Crippen molar-refractivity contribution >= 4 is 23.4 Å². The van der Waals surface area contributed by atoms with Crippen molar-refractivity contribution in [1.82, 2.24) is 15.0 Å². The molecule has 0 saturated carbocycles. The number of aromatic nitrogens is 3. The maximum Gasteiger partial charge on any atom is 0.451 e. The highest BCUT2D eigenvalue weighted by Gasteiger charge is 2.35. The van der Waals surface area contributed by atoms with Gasteiger partial charge in [-0.2, -0.15) is 23.5 Å². The van der Waals surface area contributed by atoms with Crippen molar-refractivity contribution in [1.29, 1.82) is 10.7 Å². The lowest BCUT2D eigenvalue weighted by Gasteiger charge is -2.14. The summed E-state index contributed by atoms with van der Waals surface area (Å²) in [6, 6.07) is 4.97. The minimum Gasteiger partial charge on any atom is -0.382 e. The number of nitrogens with two attached hydrogens (primary N) is 2. The van der Waals surface area contributed by atoms with Crippen LogP contribution in [0.15, 0.2) is 40.7 Å². The topological polar surface area (TPSA) is 166 Å². The second-order valence-electron chi connectivity index (χ2n) is 7.35. The van der Waals surface area contributed by atoms with Gasteiger partial charge in [0.05, 0.1) is 28.9 Å². The predicted octanol–water partition coefficient (Wildman–Crippen LogP) is 4.14. The Kier molecular flexibility index (Phi) is 7.42. The molecule has 0 spiro atoms. The van der Waals surface area contributed by atoms with Gasteiger partial charge in [-0.25, -0.2) is 18.7 Å². The number of rotatable bonds is 7. The number of hydrogen-bond donors (Lipinski definition) is 4. The summed E-state index contributed by atoms with van der Waals surface area (Å²) in [6.07, 6.45) is -1.51. The van der Waals surface area contributed by atoms with E-state index in [1.54, 1.807) is 6.92 Å². The molecular formula is C22H18F5N9. The zero-order valence-corrected chi connectivity index (χ0v) is 18.5. The molecule has 0 saturated heterocycles. The van der Waals surface area contributed by atoms with Crippen molar-refractivity contribution in [2.24, 2.45) is 21.7 Å². The number of nitriles is 1. The van der Waals surface area contributed by atoms with Gasteiger partial charge in [0, 0.05) is 41.2 Å². The Balaban J connectivity index is 2.10. The number of hydrazone groups is 1. The fourth-order valence-electron chi connectivity index (χ4n) is 3.47. The van der Waals surface area contributed by atoms with Crippen LogP contribution in [0.25, 0.3) is 11.1 Å². The lowest BCUT2D eigenvalue weighted by atomic mass is 9.92. The molecule has 1 atom stereocenters. The molecule has 1 unspecified atom stereocenters. The van der Waals surface area contributed by atoms with E-state index in [1.807, 2.05) is 6.07 Å². The molecule has 1 aromatic carbocycles. The quantitative estimate of drug-likeness (QED) is 0.125. The lowest BCUT2D eigenvalue weighted by molar-refractivity contribution is -0.144. The Morgan fingerprint density at radius 1 is 1.25 bits per heavy atom. The smallest absolute Gasteiger partial charge is 0.382 e. The summed E-state index contributed by atoms with van der Waals surface area (Å²) in [5.41, 5.74) is 6.04. The van der Waals surface area contributed by atoms with Crippen LogP contribution in [0.1, 0.15) is 42.0 Å². The van der Waals surface area contributed by atoms with E-state index in [0.29, 0.717) is 6.42 Å². The Morgan fingerprint density at radius 3 is 2.42 bits per heavy atom. The summed E-state index contributed by atoms with van der Waals surface area (Å²) in [5.74, 6) is 0.802. The second kappa shape index (κ2) is 10.3. The van der Waals surface area contributed by atoms with Crippen LogP contribution < -0.4 is 11.6 Å². The van der Waals surface area contributed by atoms with Crippen LogP contribution in [0.5, 0.6) is 0 Å². The highest BCUT2D eigenvalue weighted by atomic mass is 19.4. The molecule has 2 heterocycles. The number of halogens is 5. The Labute approximate surface area is 200 Å². The van der Waals surface area contributed by atoms with E-state index in [-0.39, 0.29) is 39.5 Å². The van der Waals surface area contributed by atoms with Crippen LogP contribution in [0, 0.1) is 28.4 Å². The summed E-state index contributed by atoms with van der Waals surface area (Å²) >= 11 is 0. The zero-order valence-electron chi connectivity index (χ0n) is 18.5. The first kappa shape index (κ1) is 25.9. The number of benzene rings is 1. The van der Waals surface area contributed by atoms with Gasteiger partial charge in [-0.05, 0) is 18.6 Å². The molecule has 0 amide bonds. The van der Waals surface area contributed by atoms with E-state index >= 15 is 0 Å². The van der Waals surface area contributed by atoms with Gasteiger partial charge < -0.3 is 16.6 Å². The molecule has 0 aliphatic heterocycles. The van der Waals surface area contributed by atoms with Crippen molar-refractivity contribution in [2.75, 3.05) is 0 Å². The fourth-order valence-corrected chi connectivity index (χ4v) is 3.47. The van der Waals surface area contributed by atoms with Gasteiger partial charge in [-0.3, -0.25) is 10.4 Å². The van der Waals surface area contributed by atoms with Crippen LogP contribution >= 0.6 is 0 Å². The van der Waals surface area contributed by atoms with Crippen LogP contribution in [0.3, 0.4) is 0 Å². The van der Waals surface area contributed by atoms with Gasteiger partial charge in [0.1, 0.15) is 11.9 Å². The van der Waals surface area contributed by atoms with Gasteiger partial charge >= 0.3 is 6.18 Å². The predicted molar refractivity (Wildman–Crippen MR) is 122 cm³/mol. The van der Waals surface area contributed by atoms with Crippen LogP contribution in [0.4, 0.5) is 27.6 Å². The number of aliphatic imine (C=N–C) groups is 1. The number of nitrogen functional groups attached to an aromatic ring is 1. The third-order valence-electron chi connectivity index (χ3n) is 5.12. The van der Waals surface area contributed by atoms with E-state index in [9.17, 15) is 27.2 Å². The Hall–Kier alpha value is -4.67. The van der Waals surface area contributed by atoms with Crippen LogP contribution in [-0.4, -0.2) is 32.7 Å². The SMILES string of the molecule is CCC(C(C=Nc1ccc(F)c(F)c1)=NN)c1[nH]c(C(=N)N)c(-c2cnc(C(F)(F)F)nc2)c1C#N. The van der Waals surface area contributed by atoms with Crippen LogP contribution in [0.2, 0.25) is 0 Å². The minimum atomic E-state index is -4.77. The van der Waals surface area contributed by atoms with Gasteiger partial charge in [0.15, 0.2) is 11.6 Å². The molecule has 0 radical (unpaired) electrons. The summed E-state index contributed by atoms with van der Waals surface area (Å²) < 4.78 is 65.3. The highest BCUT2D eigenvalue weighted by molar-refractivity contribution is 6.33. The summed E-state index contributed by atoms with van der Waals surface area (Å²) in [7, 11) is 0. The molecule has 186 valence electrons. The third kappa shape index (κ3) is 5.19. The average Bonchev–Trinajstić information content (AvgIpc) is 3.23. The first-order valence-electron chi connectivity index (χ1n) is 10.2. The maximum atomic E-state index is 13.5. The molecule has 36 heavy (non-hydrogen) atoms. The van der Waals surface area contributed by atoms with Crippen LogP contribution in [-0.2, 0) is 6.18 Å². The van der Waals surface area contributed by atoms with Crippen molar-refractivity contribution in [2.45, 2.75) is 25.4 Å². The Morgan fingerprint density at radius 2 is 1.92 bits per heavy atom. The summed E-state index contributed by atoms with van der Waals surface area (Å²) in [6.45, 7) is 1.73. The third-order valence-corrected chi connectivity index (χ3v) is 5.12. The normalized spacial score (nSPS) is 13.1. The molecule has 9 nitrogen and oxygen atoms in total. The number of hydrogen-bond acceptors (Lipinski definition) is 7. The monoisotopic (exact) mass is 503 g/mol. The first-order valence-corrected chi connectivity index (χ1v) is 10.2. The molecule has 14 heteroatoms. The van der Waals surface area contributed by atoms with Gasteiger partial charge in [-0.1, -0.05) is 6.92 Å². The summed E-state index contributed by atoms with van der Waals surface area (Å²) in [5, 5.41) is 21.5. The van der Waals surface area contributed by atoms with Crippen molar-refractivity contribution in [3.63, 3.8) is 0 Å². The molecular weight excluding hydrogens is 485 g/mol. The summed E-state index contributed by atoms with van der Waals surface area (Å²) in [4.78, 5) is 13.5. The second-order valence-corrected chi connectivity index (χ2v) is 7.35. The number of aromatic amines is 1. The van der Waals surface area contributed by atoms with Crippen molar-refractivity contribution < 1.29 is 22.0 Å². The molecule has 0 fully saturated rings. The lowest BCUT2D eigenvalue weighted by Crippen LogP contribution is -2.18. The first-order chi connectivity index (χ1) is 17.0. The van der Waals surface area contributed by atoms with E-state index in [0.717, 1.165) is 24.5 Å². The minimum absolute atomic E-state index is 0.0174.